The number of carbonyl (C=O) groups is 1. The number of hydrogen-bond donors (Lipinski definition) is 0. The first-order valence-corrected chi connectivity index (χ1v) is 5.27. The molecule has 0 N–H and O–H groups in total. The van der Waals surface area contributed by atoms with Crippen molar-refractivity contribution in [2.24, 2.45) is 0 Å². The Morgan fingerprint density at radius 3 is 2.67 bits per heavy atom. The van der Waals surface area contributed by atoms with Crippen LogP contribution in [-0.2, 0) is 19.0 Å². The number of ether oxygens (including phenoxy) is 3. The molecule has 0 saturated carbocycles. The fraction of sp³-hybridized carbons (Fsp3) is 0.727. The maximum Gasteiger partial charge on any atom is 0.193 e. The number of Topliss-reactive ketones (excluding diaryl/α,β-unsaturated/α-hetero) is 1. The lowest BCUT2D eigenvalue weighted by molar-refractivity contribution is -0.148. The van der Waals surface area contributed by atoms with Gasteiger partial charge < -0.3 is 14.2 Å². The summed E-state index contributed by atoms with van der Waals surface area (Å²) in [5, 5.41) is 0. The van der Waals surface area contributed by atoms with Crippen LogP contribution in [0.3, 0.4) is 0 Å². The highest BCUT2D eigenvalue weighted by atomic mass is 16.5. The van der Waals surface area contributed by atoms with Crippen molar-refractivity contribution in [3.8, 4) is 0 Å². The standard InChI is InChI=1S/C11H16O4/c1-13-11(3-6-14-7-4-11)10(12)9-2-5-15-8-9/h8H,2-7H2,1H3. The van der Waals surface area contributed by atoms with Gasteiger partial charge >= 0.3 is 0 Å². The van der Waals surface area contributed by atoms with E-state index in [0.29, 0.717) is 39.1 Å². The number of carbonyl (C=O) groups excluding carboxylic acids is 1. The van der Waals surface area contributed by atoms with Crippen LogP contribution in [-0.4, -0.2) is 38.3 Å². The highest BCUT2D eigenvalue weighted by Crippen LogP contribution is 2.30. The second kappa shape index (κ2) is 4.33. The maximum atomic E-state index is 12.2. The summed E-state index contributed by atoms with van der Waals surface area (Å²) in [6, 6.07) is 0. The van der Waals surface area contributed by atoms with Gasteiger partial charge in [0.2, 0.25) is 0 Å². The summed E-state index contributed by atoms with van der Waals surface area (Å²) in [5.74, 6) is 0.0748. The molecule has 4 nitrogen and oxygen atoms in total. The molecule has 0 aromatic carbocycles. The Morgan fingerprint density at radius 1 is 1.40 bits per heavy atom. The van der Waals surface area contributed by atoms with Crippen LogP contribution < -0.4 is 0 Å². The maximum absolute atomic E-state index is 12.2. The Balaban J connectivity index is 2.13. The number of hydrogen-bond acceptors (Lipinski definition) is 4. The first-order chi connectivity index (χ1) is 7.28. The zero-order valence-corrected chi connectivity index (χ0v) is 8.95. The van der Waals surface area contributed by atoms with E-state index in [9.17, 15) is 4.79 Å². The van der Waals surface area contributed by atoms with Gasteiger partial charge in [-0.05, 0) is 0 Å². The number of ketones is 1. The topological polar surface area (TPSA) is 44.8 Å². The van der Waals surface area contributed by atoms with Gasteiger partial charge in [0.05, 0.1) is 12.9 Å². The summed E-state index contributed by atoms with van der Waals surface area (Å²) < 4.78 is 15.8. The van der Waals surface area contributed by atoms with E-state index in [1.165, 1.54) is 0 Å². The van der Waals surface area contributed by atoms with E-state index in [2.05, 4.69) is 0 Å². The summed E-state index contributed by atoms with van der Waals surface area (Å²) in [6.07, 6.45) is 3.54. The minimum absolute atomic E-state index is 0.0748. The van der Waals surface area contributed by atoms with Crippen molar-refractivity contribution in [3.05, 3.63) is 11.8 Å². The van der Waals surface area contributed by atoms with Crippen molar-refractivity contribution in [1.82, 2.24) is 0 Å². The van der Waals surface area contributed by atoms with E-state index in [1.54, 1.807) is 13.4 Å². The third-order valence-electron chi connectivity index (χ3n) is 3.11. The van der Waals surface area contributed by atoms with Gasteiger partial charge in [0.25, 0.3) is 0 Å². The molecule has 0 aliphatic carbocycles. The lowest BCUT2D eigenvalue weighted by atomic mass is 9.85. The third-order valence-corrected chi connectivity index (χ3v) is 3.11. The lowest BCUT2D eigenvalue weighted by Gasteiger charge is -2.34. The van der Waals surface area contributed by atoms with Crippen LogP contribution in [0.25, 0.3) is 0 Å². The van der Waals surface area contributed by atoms with Gasteiger partial charge in [-0.25, -0.2) is 0 Å². The summed E-state index contributed by atoms with van der Waals surface area (Å²) >= 11 is 0. The van der Waals surface area contributed by atoms with Gasteiger partial charge in [-0.3, -0.25) is 4.79 Å². The molecule has 0 spiro atoms. The molecule has 0 unspecified atom stereocenters. The quantitative estimate of drug-likeness (QED) is 0.701. The third kappa shape index (κ3) is 1.92. The first kappa shape index (κ1) is 10.6. The van der Waals surface area contributed by atoms with Gasteiger partial charge in [0.1, 0.15) is 5.60 Å². The van der Waals surface area contributed by atoms with E-state index < -0.39 is 5.60 Å². The minimum atomic E-state index is -0.669. The average Bonchev–Trinajstić information content (AvgIpc) is 2.82. The van der Waals surface area contributed by atoms with Gasteiger partial charge in [0, 0.05) is 45.2 Å². The molecule has 0 atom stereocenters. The molecule has 2 heterocycles. The smallest absolute Gasteiger partial charge is 0.193 e. The minimum Gasteiger partial charge on any atom is -0.500 e. The molecule has 1 fully saturated rings. The van der Waals surface area contributed by atoms with Crippen molar-refractivity contribution in [3.63, 3.8) is 0 Å². The van der Waals surface area contributed by atoms with Crippen molar-refractivity contribution in [1.29, 1.82) is 0 Å². The Bertz CT molecular complexity index is 276. The molecule has 1 saturated heterocycles. The lowest BCUT2D eigenvalue weighted by Crippen LogP contribution is -2.46. The second-order valence-corrected chi connectivity index (χ2v) is 3.90. The van der Waals surface area contributed by atoms with Crippen LogP contribution in [0, 0.1) is 0 Å². The Kier molecular flexibility index (Phi) is 3.07. The van der Waals surface area contributed by atoms with E-state index in [1.807, 2.05) is 0 Å². The summed E-state index contributed by atoms with van der Waals surface area (Å²) in [5.41, 5.74) is 0.0800. The Labute approximate surface area is 89.2 Å². The van der Waals surface area contributed by atoms with Crippen LogP contribution in [0.15, 0.2) is 11.8 Å². The van der Waals surface area contributed by atoms with E-state index >= 15 is 0 Å². The molecule has 0 aromatic rings. The highest BCUT2D eigenvalue weighted by molar-refractivity contribution is 6.02. The fourth-order valence-electron chi connectivity index (χ4n) is 2.07. The van der Waals surface area contributed by atoms with Crippen molar-refractivity contribution >= 4 is 5.78 Å². The largest absolute Gasteiger partial charge is 0.500 e. The van der Waals surface area contributed by atoms with Crippen LogP contribution in [0.5, 0.6) is 0 Å². The summed E-state index contributed by atoms with van der Waals surface area (Å²) in [6.45, 7) is 1.79. The predicted octanol–water partition coefficient (Wildman–Crippen LogP) is 1.06. The van der Waals surface area contributed by atoms with Crippen molar-refractivity contribution < 1.29 is 19.0 Å². The molecule has 0 radical (unpaired) electrons. The van der Waals surface area contributed by atoms with Crippen LogP contribution in [0.4, 0.5) is 0 Å². The summed E-state index contributed by atoms with van der Waals surface area (Å²) in [7, 11) is 1.60. The van der Waals surface area contributed by atoms with Gasteiger partial charge in [-0.15, -0.1) is 0 Å². The number of methoxy groups -OCH3 is 1. The van der Waals surface area contributed by atoms with Gasteiger partial charge in [-0.2, -0.15) is 0 Å². The molecular formula is C11H16O4. The molecular weight excluding hydrogens is 196 g/mol. The molecule has 84 valence electrons. The fourth-order valence-corrected chi connectivity index (χ4v) is 2.07. The van der Waals surface area contributed by atoms with Gasteiger partial charge in [0.15, 0.2) is 5.78 Å². The first-order valence-electron chi connectivity index (χ1n) is 5.27. The van der Waals surface area contributed by atoms with E-state index in [-0.39, 0.29) is 5.78 Å². The normalized spacial score (nSPS) is 24.5. The second-order valence-electron chi connectivity index (χ2n) is 3.90. The van der Waals surface area contributed by atoms with Crippen LogP contribution in [0.1, 0.15) is 19.3 Å². The number of rotatable bonds is 3. The molecule has 15 heavy (non-hydrogen) atoms. The molecule has 0 bridgehead atoms. The SMILES string of the molecule is COC1(C(=O)C2=COCC2)CCOCC1. The Hall–Kier alpha value is -0.870. The van der Waals surface area contributed by atoms with E-state index in [0.717, 1.165) is 5.57 Å². The molecule has 4 heteroatoms. The zero-order chi connectivity index (χ0) is 10.7. The van der Waals surface area contributed by atoms with Crippen LogP contribution >= 0.6 is 0 Å². The highest BCUT2D eigenvalue weighted by Gasteiger charge is 2.42. The van der Waals surface area contributed by atoms with E-state index in [4.69, 9.17) is 14.2 Å². The van der Waals surface area contributed by atoms with Crippen LogP contribution in [0.2, 0.25) is 0 Å². The molecule has 0 aromatic heterocycles. The Morgan fingerprint density at radius 2 is 2.13 bits per heavy atom. The van der Waals surface area contributed by atoms with Gasteiger partial charge in [-0.1, -0.05) is 0 Å². The average molecular weight is 212 g/mol. The zero-order valence-electron chi connectivity index (χ0n) is 8.95. The molecule has 0 amide bonds. The predicted molar refractivity (Wildman–Crippen MR) is 53.5 cm³/mol. The molecule has 2 rings (SSSR count). The molecule has 2 aliphatic heterocycles. The summed E-state index contributed by atoms with van der Waals surface area (Å²) in [4.78, 5) is 12.2. The van der Waals surface area contributed by atoms with Crippen molar-refractivity contribution in [2.45, 2.75) is 24.9 Å². The monoisotopic (exact) mass is 212 g/mol. The molecule has 2 aliphatic rings. The van der Waals surface area contributed by atoms with Crippen molar-refractivity contribution in [2.75, 3.05) is 26.9 Å².